The second-order valence-electron chi connectivity index (χ2n) is 4.10. The van der Waals surface area contributed by atoms with Gasteiger partial charge in [-0.1, -0.05) is 12.8 Å². The smallest absolute Gasteiger partial charge is 0.224 e. The maximum absolute atomic E-state index is 9.80. The standard InChI is InChI=1S/C10H16N2O2/c1-6-5-12-10(14-6)9(13)8(11)4-7-2-3-7/h5,7-9,13H,2-4,11H2,1H3. The molecule has 14 heavy (non-hydrogen) atoms. The summed E-state index contributed by atoms with van der Waals surface area (Å²) in [4.78, 5) is 3.97. The first-order valence-electron chi connectivity index (χ1n) is 5.03. The Morgan fingerprint density at radius 1 is 1.71 bits per heavy atom. The van der Waals surface area contributed by atoms with E-state index in [0.29, 0.717) is 17.6 Å². The van der Waals surface area contributed by atoms with Crippen LogP contribution in [0.4, 0.5) is 0 Å². The molecule has 1 saturated carbocycles. The number of nitrogens with two attached hydrogens (primary N) is 1. The molecule has 4 heteroatoms. The number of aliphatic hydroxyl groups is 1. The molecular formula is C10H16N2O2. The zero-order valence-electron chi connectivity index (χ0n) is 8.31. The molecule has 1 heterocycles. The van der Waals surface area contributed by atoms with Crippen LogP contribution >= 0.6 is 0 Å². The van der Waals surface area contributed by atoms with Crippen LogP contribution in [0, 0.1) is 12.8 Å². The summed E-state index contributed by atoms with van der Waals surface area (Å²) in [5.74, 6) is 1.75. The molecule has 1 aromatic heterocycles. The molecule has 1 aromatic rings. The Balaban J connectivity index is 1.95. The molecular weight excluding hydrogens is 180 g/mol. The van der Waals surface area contributed by atoms with E-state index < -0.39 is 6.10 Å². The predicted octanol–water partition coefficient (Wildman–Crippen LogP) is 1.14. The number of aromatic nitrogens is 1. The third kappa shape index (κ3) is 2.13. The summed E-state index contributed by atoms with van der Waals surface area (Å²) in [7, 11) is 0. The molecule has 2 atom stereocenters. The summed E-state index contributed by atoms with van der Waals surface area (Å²) in [6, 6.07) is -0.249. The van der Waals surface area contributed by atoms with Crippen LogP contribution in [0.25, 0.3) is 0 Å². The molecule has 0 bridgehead atoms. The molecule has 4 nitrogen and oxygen atoms in total. The van der Waals surface area contributed by atoms with Crippen LogP contribution in [0.2, 0.25) is 0 Å². The minimum Gasteiger partial charge on any atom is -0.443 e. The van der Waals surface area contributed by atoms with E-state index in [-0.39, 0.29) is 6.04 Å². The van der Waals surface area contributed by atoms with Crippen molar-refractivity contribution >= 4 is 0 Å². The topological polar surface area (TPSA) is 72.3 Å². The highest BCUT2D eigenvalue weighted by molar-refractivity contribution is 4.97. The SMILES string of the molecule is Cc1cnc(C(O)C(N)CC2CC2)o1. The number of aryl methyl sites for hydroxylation is 1. The van der Waals surface area contributed by atoms with Gasteiger partial charge in [0, 0.05) is 6.04 Å². The van der Waals surface area contributed by atoms with Crippen LogP contribution in [0.3, 0.4) is 0 Å². The van der Waals surface area contributed by atoms with E-state index in [1.165, 1.54) is 12.8 Å². The molecule has 1 fully saturated rings. The lowest BCUT2D eigenvalue weighted by Gasteiger charge is -2.15. The van der Waals surface area contributed by atoms with Crippen molar-refractivity contribution in [2.75, 3.05) is 0 Å². The zero-order chi connectivity index (χ0) is 10.1. The largest absolute Gasteiger partial charge is 0.443 e. The van der Waals surface area contributed by atoms with Crippen molar-refractivity contribution < 1.29 is 9.52 Å². The van der Waals surface area contributed by atoms with Crippen LogP contribution in [0.15, 0.2) is 10.6 Å². The summed E-state index contributed by atoms with van der Waals surface area (Å²) in [6.07, 6.45) is 4.19. The van der Waals surface area contributed by atoms with Gasteiger partial charge in [-0.2, -0.15) is 0 Å². The number of hydrogen-bond donors (Lipinski definition) is 2. The van der Waals surface area contributed by atoms with Crippen molar-refractivity contribution in [1.29, 1.82) is 0 Å². The van der Waals surface area contributed by atoms with Gasteiger partial charge in [-0.3, -0.25) is 0 Å². The average molecular weight is 196 g/mol. The van der Waals surface area contributed by atoms with Gasteiger partial charge in [0.25, 0.3) is 0 Å². The maximum atomic E-state index is 9.80. The van der Waals surface area contributed by atoms with Gasteiger partial charge < -0.3 is 15.3 Å². The van der Waals surface area contributed by atoms with E-state index in [1.807, 2.05) is 0 Å². The molecule has 0 spiro atoms. The Labute approximate surface area is 83.1 Å². The number of nitrogens with zero attached hydrogens (tertiary/aromatic N) is 1. The van der Waals surface area contributed by atoms with Crippen molar-refractivity contribution in [1.82, 2.24) is 4.98 Å². The lowest BCUT2D eigenvalue weighted by atomic mass is 10.1. The van der Waals surface area contributed by atoms with Gasteiger partial charge in [0.2, 0.25) is 5.89 Å². The summed E-state index contributed by atoms with van der Waals surface area (Å²) in [5.41, 5.74) is 5.85. The second-order valence-corrected chi connectivity index (χ2v) is 4.10. The first-order valence-corrected chi connectivity index (χ1v) is 5.03. The van der Waals surface area contributed by atoms with Crippen LogP contribution in [-0.2, 0) is 0 Å². The Morgan fingerprint density at radius 3 is 2.93 bits per heavy atom. The van der Waals surface area contributed by atoms with Gasteiger partial charge in [-0.25, -0.2) is 4.98 Å². The lowest BCUT2D eigenvalue weighted by Crippen LogP contribution is -2.29. The van der Waals surface area contributed by atoms with E-state index >= 15 is 0 Å². The number of oxazole rings is 1. The third-order valence-electron chi connectivity index (χ3n) is 2.60. The molecule has 0 aromatic carbocycles. The third-order valence-corrected chi connectivity index (χ3v) is 2.60. The number of aliphatic hydroxyl groups excluding tert-OH is 1. The van der Waals surface area contributed by atoms with E-state index in [0.717, 1.165) is 6.42 Å². The summed E-state index contributed by atoms with van der Waals surface area (Å²) in [6.45, 7) is 1.80. The maximum Gasteiger partial charge on any atom is 0.224 e. The van der Waals surface area contributed by atoms with E-state index in [1.54, 1.807) is 13.1 Å². The monoisotopic (exact) mass is 196 g/mol. The van der Waals surface area contributed by atoms with Crippen LogP contribution in [0.5, 0.6) is 0 Å². The summed E-state index contributed by atoms with van der Waals surface area (Å²) < 4.78 is 5.23. The van der Waals surface area contributed by atoms with Gasteiger partial charge in [0.15, 0.2) is 0 Å². The highest BCUT2D eigenvalue weighted by atomic mass is 16.4. The minimum atomic E-state index is -0.760. The first-order chi connectivity index (χ1) is 6.66. The van der Waals surface area contributed by atoms with Gasteiger partial charge in [-0.05, 0) is 19.3 Å². The molecule has 0 amide bonds. The fourth-order valence-electron chi connectivity index (χ4n) is 1.56. The van der Waals surface area contributed by atoms with Gasteiger partial charge >= 0.3 is 0 Å². The molecule has 1 aliphatic carbocycles. The molecule has 3 N–H and O–H groups in total. The Hall–Kier alpha value is -0.870. The van der Waals surface area contributed by atoms with Crippen LogP contribution in [0.1, 0.15) is 37.0 Å². The highest BCUT2D eigenvalue weighted by Crippen LogP contribution is 2.35. The molecule has 0 radical (unpaired) electrons. The molecule has 1 aliphatic rings. The minimum absolute atomic E-state index is 0.249. The molecule has 0 aliphatic heterocycles. The van der Waals surface area contributed by atoms with Crippen molar-refractivity contribution in [3.8, 4) is 0 Å². The Kier molecular flexibility index (Phi) is 2.56. The number of hydrogen-bond acceptors (Lipinski definition) is 4. The van der Waals surface area contributed by atoms with E-state index in [2.05, 4.69) is 4.98 Å². The van der Waals surface area contributed by atoms with Crippen LogP contribution < -0.4 is 5.73 Å². The van der Waals surface area contributed by atoms with E-state index in [4.69, 9.17) is 10.2 Å². The van der Waals surface area contributed by atoms with Crippen LogP contribution in [-0.4, -0.2) is 16.1 Å². The fraction of sp³-hybridized carbons (Fsp3) is 0.700. The molecule has 0 saturated heterocycles. The fourth-order valence-corrected chi connectivity index (χ4v) is 1.56. The quantitative estimate of drug-likeness (QED) is 0.757. The van der Waals surface area contributed by atoms with Gasteiger partial charge in [-0.15, -0.1) is 0 Å². The normalized spacial score (nSPS) is 20.8. The summed E-state index contributed by atoms with van der Waals surface area (Å²) in [5, 5.41) is 9.80. The van der Waals surface area contributed by atoms with Gasteiger partial charge in [0.1, 0.15) is 11.9 Å². The lowest BCUT2D eigenvalue weighted by molar-refractivity contribution is 0.108. The van der Waals surface area contributed by atoms with Crippen molar-refractivity contribution in [3.63, 3.8) is 0 Å². The Morgan fingerprint density at radius 2 is 2.43 bits per heavy atom. The highest BCUT2D eigenvalue weighted by Gasteiger charge is 2.29. The average Bonchev–Trinajstić information content (AvgIpc) is 2.85. The zero-order valence-corrected chi connectivity index (χ0v) is 8.31. The van der Waals surface area contributed by atoms with Gasteiger partial charge in [0.05, 0.1) is 6.20 Å². The van der Waals surface area contributed by atoms with Crippen molar-refractivity contribution in [2.24, 2.45) is 11.7 Å². The molecule has 2 rings (SSSR count). The number of rotatable bonds is 4. The Bertz CT molecular complexity index is 307. The summed E-state index contributed by atoms with van der Waals surface area (Å²) >= 11 is 0. The van der Waals surface area contributed by atoms with Crippen molar-refractivity contribution in [2.45, 2.75) is 38.3 Å². The molecule has 2 unspecified atom stereocenters. The predicted molar refractivity (Wildman–Crippen MR) is 51.5 cm³/mol. The van der Waals surface area contributed by atoms with E-state index in [9.17, 15) is 5.11 Å². The molecule has 78 valence electrons. The second kappa shape index (κ2) is 3.71. The van der Waals surface area contributed by atoms with Crippen molar-refractivity contribution in [3.05, 3.63) is 17.8 Å². The first kappa shape index (κ1) is 9.68.